The molecule has 0 aromatic rings. The van der Waals surface area contributed by atoms with Crippen molar-refractivity contribution in [1.29, 1.82) is 0 Å². The van der Waals surface area contributed by atoms with Crippen LogP contribution in [0.4, 0.5) is 0 Å². The molecule has 6 nitrogen and oxygen atoms in total. The number of hydrogen-bond donors (Lipinski definition) is 4. The first-order valence-electron chi connectivity index (χ1n) is 4.85. The standard InChI is InChI=1S/C4H8O2.C3H8O2.C2H6O2/c1-2-6-4-3-5-1;1-3(5)2-4;3-1-2-4/h1-4H2;3-5H,2H2,1H3;3-4H,1-2H2. The molecule has 6 heteroatoms. The van der Waals surface area contributed by atoms with E-state index in [4.69, 9.17) is 29.9 Å². The molecule has 0 saturated carbocycles. The van der Waals surface area contributed by atoms with Crippen LogP contribution in [0, 0.1) is 0 Å². The molecule has 94 valence electrons. The molecule has 0 radical (unpaired) electrons. The van der Waals surface area contributed by atoms with Gasteiger partial charge in [-0.05, 0) is 6.92 Å². The summed E-state index contributed by atoms with van der Waals surface area (Å²) >= 11 is 0. The van der Waals surface area contributed by atoms with Crippen LogP contribution in [0.5, 0.6) is 0 Å². The summed E-state index contributed by atoms with van der Waals surface area (Å²) in [6, 6.07) is 0. The summed E-state index contributed by atoms with van der Waals surface area (Å²) in [5.74, 6) is 0. The van der Waals surface area contributed by atoms with Crippen molar-refractivity contribution in [3.05, 3.63) is 0 Å². The Bertz CT molecular complexity index is 81.1. The normalized spacial score (nSPS) is 16.6. The highest BCUT2D eigenvalue weighted by molar-refractivity contribution is 4.37. The van der Waals surface area contributed by atoms with Gasteiger partial charge in [0.2, 0.25) is 0 Å². The van der Waals surface area contributed by atoms with Gasteiger partial charge in [0.25, 0.3) is 0 Å². The third-order valence-electron chi connectivity index (χ3n) is 1.11. The molecule has 0 aromatic carbocycles. The van der Waals surface area contributed by atoms with Gasteiger partial charge in [-0.2, -0.15) is 0 Å². The van der Waals surface area contributed by atoms with Crippen molar-refractivity contribution < 1.29 is 29.9 Å². The van der Waals surface area contributed by atoms with Crippen molar-refractivity contribution in [2.45, 2.75) is 13.0 Å². The topological polar surface area (TPSA) is 99.4 Å². The first-order valence-corrected chi connectivity index (χ1v) is 4.85. The zero-order valence-electron chi connectivity index (χ0n) is 9.13. The Hall–Kier alpha value is -0.240. The van der Waals surface area contributed by atoms with E-state index in [9.17, 15) is 0 Å². The van der Waals surface area contributed by atoms with E-state index in [-0.39, 0.29) is 19.8 Å². The molecular weight excluding hydrogens is 204 g/mol. The van der Waals surface area contributed by atoms with Crippen LogP contribution in [0.3, 0.4) is 0 Å². The predicted octanol–water partition coefficient (Wildman–Crippen LogP) is -1.64. The van der Waals surface area contributed by atoms with Crippen molar-refractivity contribution in [1.82, 2.24) is 0 Å². The molecule has 1 aliphatic heterocycles. The first kappa shape index (κ1) is 17.2. The van der Waals surface area contributed by atoms with Gasteiger partial charge in [-0.25, -0.2) is 0 Å². The van der Waals surface area contributed by atoms with Crippen molar-refractivity contribution >= 4 is 0 Å². The highest BCUT2D eigenvalue weighted by Crippen LogP contribution is 1.85. The third-order valence-corrected chi connectivity index (χ3v) is 1.11. The van der Waals surface area contributed by atoms with Crippen molar-refractivity contribution in [3.8, 4) is 0 Å². The fourth-order valence-corrected chi connectivity index (χ4v) is 0.440. The Balaban J connectivity index is 0. The molecule has 0 aromatic heterocycles. The molecule has 0 aliphatic carbocycles. The van der Waals surface area contributed by atoms with E-state index >= 15 is 0 Å². The van der Waals surface area contributed by atoms with Gasteiger partial charge in [-0.3, -0.25) is 0 Å². The van der Waals surface area contributed by atoms with Gasteiger partial charge in [0.05, 0.1) is 52.4 Å². The van der Waals surface area contributed by atoms with Gasteiger partial charge in [0, 0.05) is 0 Å². The molecule has 0 bridgehead atoms. The third kappa shape index (κ3) is 24.8. The summed E-state index contributed by atoms with van der Waals surface area (Å²) in [6.07, 6.45) is -0.560. The molecule has 1 saturated heterocycles. The number of hydrogen-bond acceptors (Lipinski definition) is 6. The lowest BCUT2D eigenvalue weighted by atomic mass is 10.5. The van der Waals surface area contributed by atoms with Crippen LogP contribution in [0.25, 0.3) is 0 Å². The zero-order chi connectivity index (χ0) is 11.9. The van der Waals surface area contributed by atoms with Crippen LogP contribution < -0.4 is 0 Å². The molecular formula is C9H22O6. The number of ether oxygens (including phenoxy) is 2. The summed E-state index contributed by atoms with van der Waals surface area (Å²) in [5.41, 5.74) is 0. The fourth-order valence-electron chi connectivity index (χ4n) is 0.440. The SMILES string of the molecule is C1COCCO1.CC(O)CO.OCCO. The molecule has 1 rings (SSSR count). The summed E-state index contributed by atoms with van der Waals surface area (Å²) < 4.78 is 9.89. The second-order valence-corrected chi connectivity index (χ2v) is 2.70. The monoisotopic (exact) mass is 226 g/mol. The first-order chi connectivity index (χ1) is 7.18. The van der Waals surface area contributed by atoms with E-state index in [2.05, 4.69) is 0 Å². The van der Waals surface area contributed by atoms with E-state index in [1.807, 2.05) is 0 Å². The summed E-state index contributed by atoms with van der Waals surface area (Å²) in [5, 5.41) is 31.3. The molecule has 4 N–H and O–H groups in total. The smallest absolute Gasteiger partial charge is 0.0742 e. The largest absolute Gasteiger partial charge is 0.394 e. The molecule has 0 amide bonds. The zero-order valence-corrected chi connectivity index (χ0v) is 9.13. The van der Waals surface area contributed by atoms with Crippen LogP contribution in [0.15, 0.2) is 0 Å². The molecule has 1 heterocycles. The van der Waals surface area contributed by atoms with Gasteiger partial charge >= 0.3 is 0 Å². The maximum absolute atomic E-state index is 8.11. The Morgan fingerprint density at radius 3 is 1.27 bits per heavy atom. The molecule has 1 atom stereocenters. The Morgan fingerprint density at radius 1 is 0.933 bits per heavy atom. The van der Waals surface area contributed by atoms with E-state index in [0.29, 0.717) is 0 Å². The molecule has 1 unspecified atom stereocenters. The van der Waals surface area contributed by atoms with E-state index < -0.39 is 6.10 Å². The lowest BCUT2D eigenvalue weighted by molar-refractivity contribution is -0.0334. The Kier molecular flexibility index (Phi) is 18.5. The lowest BCUT2D eigenvalue weighted by Crippen LogP contribution is -2.16. The average molecular weight is 226 g/mol. The minimum absolute atomic E-state index is 0.125. The van der Waals surface area contributed by atoms with Crippen LogP contribution in [0.1, 0.15) is 6.92 Å². The second-order valence-electron chi connectivity index (χ2n) is 2.70. The number of aliphatic hydroxyl groups is 4. The van der Waals surface area contributed by atoms with Crippen molar-refractivity contribution in [2.24, 2.45) is 0 Å². The van der Waals surface area contributed by atoms with Crippen molar-refractivity contribution in [2.75, 3.05) is 46.2 Å². The predicted molar refractivity (Wildman–Crippen MR) is 54.6 cm³/mol. The van der Waals surface area contributed by atoms with Crippen LogP contribution >= 0.6 is 0 Å². The Labute approximate surface area is 90.1 Å². The van der Waals surface area contributed by atoms with Crippen LogP contribution in [-0.4, -0.2) is 72.8 Å². The minimum atomic E-state index is -0.560. The van der Waals surface area contributed by atoms with Gasteiger partial charge < -0.3 is 29.9 Å². The van der Waals surface area contributed by atoms with Crippen LogP contribution in [-0.2, 0) is 9.47 Å². The highest BCUT2D eigenvalue weighted by Gasteiger charge is 1.94. The highest BCUT2D eigenvalue weighted by atomic mass is 16.6. The van der Waals surface area contributed by atoms with Gasteiger partial charge in [-0.1, -0.05) is 0 Å². The fraction of sp³-hybridized carbons (Fsp3) is 1.00. The van der Waals surface area contributed by atoms with Crippen LogP contribution in [0.2, 0.25) is 0 Å². The molecule has 15 heavy (non-hydrogen) atoms. The summed E-state index contributed by atoms with van der Waals surface area (Å²) in [4.78, 5) is 0. The number of aliphatic hydroxyl groups excluding tert-OH is 4. The maximum atomic E-state index is 8.11. The second kappa shape index (κ2) is 16.2. The average Bonchev–Trinajstić information content (AvgIpc) is 2.32. The molecule has 1 fully saturated rings. The van der Waals surface area contributed by atoms with E-state index in [0.717, 1.165) is 26.4 Å². The molecule has 0 spiro atoms. The lowest BCUT2D eigenvalue weighted by Gasteiger charge is -2.09. The van der Waals surface area contributed by atoms with Gasteiger partial charge in [0.15, 0.2) is 0 Å². The summed E-state index contributed by atoms with van der Waals surface area (Å²) in [6.45, 7) is 4.25. The quantitative estimate of drug-likeness (QED) is 0.451. The van der Waals surface area contributed by atoms with E-state index in [1.54, 1.807) is 0 Å². The maximum Gasteiger partial charge on any atom is 0.0742 e. The van der Waals surface area contributed by atoms with Crippen molar-refractivity contribution in [3.63, 3.8) is 0 Å². The Morgan fingerprint density at radius 2 is 1.20 bits per heavy atom. The van der Waals surface area contributed by atoms with E-state index in [1.165, 1.54) is 6.92 Å². The summed E-state index contributed by atoms with van der Waals surface area (Å²) in [7, 11) is 0. The molecule has 1 aliphatic rings. The minimum Gasteiger partial charge on any atom is -0.394 e. The number of rotatable bonds is 2. The van der Waals surface area contributed by atoms with Gasteiger partial charge in [-0.15, -0.1) is 0 Å². The van der Waals surface area contributed by atoms with Gasteiger partial charge in [0.1, 0.15) is 0 Å².